The van der Waals surface area contributed by atoms with Crippen LogP contribution in [0.5, 0.6) is 0 Å². The van der Waals surface area contributed by atoms with Crippen LogP contribution in [0.25, 0.3) is 0 Å². The summed E-state index contributed by atoms with van der Waals surface area (Å²) in [6.45, 7) is 10.4. The summed E-state index contributed by atoms with van der Waals surface area (Å²) < 4.78 is 6.45. The van der Waals surface area contributed by atoms with Crippen LogP contribution in [0.1, 0.15) is 58.3 Å². The van der Waals surface area contributed by atoms with Crippen LogP contribution in [0.15, 0.2) is 47.6 Å². The molecule has 0 N–H and O–H groups in total. The van der Waals surface area contributed by atoms with Crippen LogP contribution < -0.4 is 0 Å². The molecule has 4 unspecified atom stereocenters. The van der Waals surface area contributed by atoms with Gasteiger partial charge < -0.3 is 4.43 Å². The lowest BCUT2D eigenvalue weighted by Crippen LogP contribution is -2.40. The monoisotopic (exact) mass is 396 g/mol. The first kappa shape index (κ1) is 20.4. The first-order valence-corrected chi connectivity index (χ1v) is 15.2. The quantitative estimate of drug-likeness (QED) is 0.406. The van der Waals surface area contributed by atoms with E-state index in [4.69, 9.17) is 4.43 Å². The van der Waals surface area contributed by atoms with Gasteiger partial charge in [-0.05, 0) is 100 Å². The standard InChI is InChI=1S/C26H40OSi/c1-5-26(18-19-27-28(2,3)4,24-16-14-20-10-6-8-12-22(20)24)25-17-15-21-11-7-9-13-23(21)25/h6-9,12-13,20-21,24-25H,5,10-11,14-19H2,1-4H3. The van der Waals surface area contributed by atoms with Crippen molar-refractivity contribution >= 4 is 8.32 Å². The van der Waals surface area contributed by atoms with E-state index in [2.05, 4.69) is 63.0 Å². The summed E-state index contributed by atoms with van der Waals surface area (Å²) in [4.78, 5) is 0. The van der Waals surface area contributed by atoms with Gasteiger partial charge >= 0.3 is 0 Å². The van der Waals surface area contributed by atoms with E-state index in [9.17, 15) is 0 Å². The van der Waals surface area contributed by atoms with Crippen LogP contribution in [0.3, 0.4) is 0 Å². The van der Waals surface area contributed by atoms with Gasteiger partial charge in [-0.3, -0.25) is 0 Å². The minimum Gasteiger partial charge on any atom is -0.418 e. The largest absolute Gasteiger partial charge is 0.418 e. The average molecular weight is 397 g/mol. The number of hydrogen-bond donors (Lipinski definition) is 0. The minimum atomic E-state index is -1.47. The van der Waals surface area contributed by atoms with Gasteiger partial charge in [0.2, 0.25) is 0 Å². The molecule has 0 heterocycles. The van der Waals surface area contributed by atoms with Crippen LogP contribution in [0.4, 0.5) is 0 Å². The summed E-state index contributed by atoms with van der Waals surface area (Å²) in [6, 6.07) is 0. The van der Waals surface area contributed by atoms with Crippen molar-refractivity contribution in [3.05, 3.63) is 47.6 Å². The van der Waals surface area contributed by atoms with Gasteiger partial charge in [0.1, 0.15) is 0 Å². The SMILES string of the molecule is CCC(CCO[Si](C)(C)C)(C1CCC2CC=CC=C21)C1CCC2CC=CC=C21. The summed E-state index contributed by atoms with van der Waals surface area (Å²) >= 11 is 0. The third kappa shape index (κ3) is 3.79. The summed E-state index contributed by atoms with van der Waals surface area (Å²) in [6.07, 6.45) is 25.1. The third-order valence-corrected chi connectivity index (χ3v) is 9.26. The van der Waals surface area contributed by atoms with E-state index in [0.717, 1.165) is 30.3 Å². The Balaban J connectivity index is 1.68. The minimum absolute atomic E-state index is 0.386. The molecule has 2 heteroatoms. The highest BCUT2D eigenvalue weighted by atomic mass is 28.4. The van der Waals surface area contributed by atoms with Gasteiger partial charge in [-0.2, -0.15) is 0 Å². The lowest BCUT2D eigenvalue weighted by molar-refractivity contribution is 0.0726. The van der Waals surface area contributed by atoms with E-state index in [1.165, 1.54) is 51.4 Å². The smallest absolute Gasteiger partial charge is 0.183 e. The lowest BCUT2D eigenvalue weighted by Gasteiger charge is -2.46. The molecule has 0 saturated heterocycles. The molecule has 0 bridgehead atoms. The summed E-state index contributed by atoms with van der Waals surface area (Å²) in [5.74, 6) is 3.15. The molecule has 0 aromatic heterocycles. The zero-order valence-corrected chi connectivity index (χ0v) is 19.5. The second kappa shape index (κ2) is 8.11. The van der Waals surface area contributed by atoms with Crippen molar-refractivity contribution in [1.82, 2.24) is 0 Å². The van der Waals surface area contributed by atoms with Crippen LogP contribution in [-0.4, -0.2) is 14.9 Å². The number of allylic oxidation sites excluding steroid dienone is 8. The van der Waals surface area contributed by atoms with Crippen LogP contribution in [0.2, 0.25) is 19.6 Å². The molecule has 0 spiro atoms. The molecule has 4 aliphatic rings. The number of rotatable bonds is 7. The van der Waals surface area contributed by atoms with E-state index < -0.39 is 8.32 Å². The molecule has 0 aromatic carbocycles. The Morgan fingerprint density at radius 1 is 0.893 bits per heavy atom. The first-order chi connectivity index (χ1) is 13.4. The van der Waals surface area contributed by atoms with E-state index in [1.54, 1.807) is 11.1 Å². The summed E-state index contributed by atoms with van der Waals surface area (Å²) in [5.41, 5.74) is 3.96. The molecule has 4 rings (SSSR count). The highest BCUT2D eigenvalue weighted by molar-refractivity contribution is 6.69. The van der Waals surface area contributed by atoms with Gasteiger partial charge in [0.05, 0.1) is 0 Å². The van der Waals surface area contributed by atoms with E-state index in [0.29, 0.717) is 5.41 Å². The Kier molecular flexibility index (Phi) is 5.91. The van der Waals surface area contributed by atoms with Crippen molar-refractivity contribution in [2.75, 3.05) is 6.61 Å². The maximum absolute atomic E-state index is 6.45. The van der Waals surface area contributed by atoms with Crippen molar-refractivity contribution in [2.24, 2.45) is 29.1 Å². The zero-order valence-electron chi connectivity index (χ0n) is 18.5. The van der Waals surface area contributed by atoms with Gasteiger partial charge in [-0.15, -0.1) is 0 Å². The molecular weight excluding hydrogens is 356 g/mol. The molecule has 4 atom stereocenters. The highest BCUT2D eigenvalue weighted by Crippen LogP contribution is 2.61. The Hall–Kier alpha value is -0.863. The fourth-order valence-electron chi connectivity index (χ4n) is 6.87. The molecule has 28 heavy (non-hydrogen) atoms. The van der Waals surface area contributed by atoms with Crippen LogP contribution >= 0.6 is 0 Å². The second-order valence-corrected chi connectivity index (χ2v) is 15.1. The van der Waals surface area contributed by atoms with Crippen molar-refractivity contribution in [2.45, 2.75) is 77.9 Å². The molecule has 0 amide bonds. The molecule has 2 fully saturated rings. The number of fused-ring (bicyclic) bond motifs is 2. The van der Waals surface area contributed by atoms with Crippen molar-refractivity contribution < 1.29 is 4.43 Å². The molecule has 4 aliphatic carbocycles. The van der Waals surface area contributed by atoms with Gasteiger partial charge in [-0.25, -0.2) is 0 Å². The Morgan fingerprint density at radius 3 is 1.89 bits per heavy atom. The van der Waals surface area contributed by atoms with Gasteiger partial charge in [0.15, 0.2) is 8.32 Å². The fraction of sp³-hybridized carbons (Fsp3) is 0.692. The van der Waals surface area contributed by atoms with Crippen molar-refractivity contribution in [3.8, 4) is 0 Å². The zero-order chi connectivity index (χ0) is 19.8. The fourth-order valence-corrected chi connectivity index (χ4v) is 7.59. The maximum atomic E-state index is 6.45. The molecule has 1 nitrogen and oxygen atoms in total. The molecule has 154 valence electrons. The molecule has 0 aliphatic heterocycles. The molecule has 0 radical (unpaired) electrons. The Labute approximate surface area is 174 Å². The molecule has 2 saturated carbocycles. The summed E-state index contributed by atoms with van der Waals surface area (Å²) in [5, 5.41) is 0. The molecular formula is C26H40OSi. The van der Waals surface area contributed by atoms with Gasteiger partial charge in [-0.1, -0.05) is 54.5 Å². The van der Waals surface area contributed by atoms with Gasteiger partial charge in [0, 0.05) is 6.61 Å². The predicted molar refractivity (Wildman–Crippen MR) is 123 cm³/mol. The maximum Gasteiger partial charge on any atom is 0.183 e. The van der Waals surface area contributed by atoms with Crippen molar-refractivity contribution in [3.63, 3.8) is 0 Å². The van der Waals surface area contributed by atoms with E-state index >= 15 is 0 Å². The average Bonchev–Trinajstić information content (AvgIpc) is 3.30. The second-order valence-electron chi connectivity index (χ2n) is 10.6. The lowest BCUT2D eigenvalue weighted by atomic mass is 9.58. The van der Waals surface area contributed by atoms with Crippen LogP contribution in [-0.2, 0) is 4.43 Å². The predicted octanol–water partition coefficient (Wildman–Crippen LogP) is 7.45. The normalized spacial score (nSPS) is 33.9. The Morgan fingerprint density at radius 2 is 1.43 bits per heavy atom. The highest BCUT2D eigenvalue weighted by Gasteiger charge is 2.52. The van der Waals surface area contributed by atoms with E-state index in [1.807, 2.05) is 0 Å². The Bertz CT molecular complexity index is 644. The topological polar surface area (TPSA) is 9.23 Å². The van der Waals surface area contributed by atoms with Crippen molar-refractivity contribution in [1.29, 1.82) is 0 Å². The first-order valence-electron chi connectivity index (χ1n) is 11.8. The number of hydrogen-bond acceptors (Lipinski definition) is 1. The molecule has 0 aromatic rings. The van der Waals surface area contributed by atoms with Crippen LogP contribution in [0, 0.1) is 29.1 Å². The summed E-state index contributed by atoms with van der Waals surface area (Å²) in [7, 11) is -1.47. The third-order valence-electron chi connectivity index (χ3n) is 8.19. The van der Waals surface area contributed by atoms with Gasteiger partial charge in [0.25, 0.3) is 0 Å². The van der Waals surface area contributed by atoms with E-state index in [-0.39, 0.29) is 0 Å².